The van der Waals surface area contributed by atoms with Gasteiger partial charge < -0.3 is 9.97 Å². The van der Waals surface area contributed by atoms with Crippen LogP contribution in [0.15, 0.2) is 60.7 Å². The van der Waals surface area contributed by atoms with Crippen molar-refractivity contribution >= 4 is 11.6 Å². The van der Waals surface area contributed by atoms with E-state index in [1.807, 2.05) is 74.5 Å². The molecule has 0 atom stereocenters. The van der Waals surface area contributed by atoms with E-state index in [9.17, 15) is 9.59 Å². The van der Waals surface area contributed by atoms with Crippen LogP contribution in [0.2, 0.25) is 0 Å². The number of carbonyl (C=O) groups excluding carboxylic acids is 2. The quantitative estimate of drug-likeness (QED) is 0.346. The Hall–Kier alpha value is -3.66. The maximum absolute atomic E-state index is 13.2. The smallest absolute Gasteiger partial charge is 0.209 e. The molecule has 2 N–H and O–H groups in total. The highest BCUT2D eigenvalue weighted by atomic mass is 16.1. The van der Waals surface area contributed by atoms with E-state index >= 15 is 0 Å². The van der Waals surface area contributed by atoms with Crippen LogP contribution in [-0.4, -0.2) is 21.5 Å². The maximum atomic E-state index is 13.2. The zero-order chi connectivity index (χ0) is 22.8. The van der Waals surface area contributed by atoms with Crippen LogP contribution in [-0.2, 0) is 12.8 Å². The summed E-state index contributed by atoms with van der Waals surface area (Å²) in [5, 5.41) is 0. The number of aromatic amines is 2. The standard InChI is InChI=1S/C28H28N2O2/c1-5-21-17(3)23(29-25(21)27(31)19-13-9-7-10-14-19)24-18(4)22(6-2)26(30-24)28(32)20-15-11-8-12-16-20/h7-16,29-30H,5-6H2,1-4H3. The number of hydrogen-bond acceptors (Lipinski definition) is 2. The molecule has 162 valence electrons. The molecular weight excluding hydrogens is 396 g/mol. The summed E-state index contributed by atoms with van der Waals surface area (Å²) in [6, 6.07) is 18.7. The second-order valence-corrected chi connectivity index (χ2v) is 8.05. The average molecular weight is 425 g/mol. The molecule has 0 aliphatic heterocycles. The summed E-state index contributed by atoms with van der Waals surface area (Å²) in [6.45, 7) is 8.20. The van der Waals surface area contributed by atoms with Crippen LogP contribution in [0.1, 0.15) is 68.2 Å². The minimum Gasteiger partial charge on any atom is -0.350 e. The van der Waals surface area contributed by atoms with Crippen molar-refractivity contribution in [3.8, 4) is 11.4 Å². The summed E-state index contributed by atoms with van der Waals surface area (Å²) >= 11 is 0. The van der Waals surface area contributed by atoms with Gasteiger partial charge >= 0.3 is 0 Å². The van der Waals surface area contributed by atoms with Gasteiger partial charge in [-0.2, -0.15) is 0 Å². The first-order chi connectivity index (χ1) is 15.5. The van der Waals surface area contributed by atoms with Gasteiger partial charge in [0.1, 0.15) is 0 Å². The molecule has 4 heteroatoms. The topological polar surface area (TPSA) is 65.7 Å². The number of rotatable bonds is 7. The van der Waals surface area contributed by atoms with Crippen molar-refractivity contribution in [2.45, 2.75) is 40.5 Å². The molecular formula is C28H28N2O2. The fraction of sp³-hybridized carbons (Fsp3) is 0.214. The molecule has 4 rings (SSSR count). The van der Waals surface area contributed by atoms with Gasteiger partial charge in [0.05, 0.1) is 22.8 Å². The Morgan fingerprint density at radius 1 is 0.625 bits per heavy atom. The van der Waals surface area contributed by atoms with Crippen molar-refractivity contribution in [2.24, 2.45) is 0 Å². The van der Waals surface area contributed by atoms with Crippen LogP contribution in [0.25, 0.3) is 11.4 Å². The van der Waals surface area contributed by atoms with Gasteiger partial charge in [0.2, 0.25) is 11.6 Å². The predicted octanol–water partition coefficient (Wildman–Crippen LogP) is 6.21. The Balaban J connectivity index is 1.84. The SMILES string of the molecule is CCc1c(C(=O)c2ccccc2)[nH]c(-c2[nH]c(C(=O)c3ccccc3)c(CC)c2C)c1C. The van der Waals surface area contributed by atoms with E-state index in [0.29, 0.717) is 22.5 Å². The molecule has 0 saturated carbocycles. The fourth-order valence-corrected chi connectivity index (χ4v) is 4.50. The van der Waals surface area contributed by atoms with Crippen molar-refractivity contribution in [2.75, 3.05) is 0 Å². The monoisotopic (exact) mass is 424 g/mol. The molecule has 4 aromatic rings. The molecule has 2 heterocycles. The van der Waals surface area contributed by atoms with E-state index < -0.39 is 0 Å². The second kappa shape index (κ2) is 8.83. The molecule has 0 bridgehead atoms. The van der Waals surface area contributed by atoms with E-state index in [-0.39, 0.29) is 11.6 Å². The third-order valence-corrected chi connectivity index (χ3v) is 6.24. The zero-order valence-corrected chi connectivity index (χ0v) is 19.0. The molecule has 0 aliphatic rings. The summed E-state index contributed by atoms with van der Waals surface area (Å²) in [5.41, 5.74) is 8.41. The Morgan fingerprint density at radius 2 is 0.969 bits per heavy atom. The van der Waals surface area contributed by atoms with Crippen LogP contribution < -0.4 is 0 Å². The summed E-state index contributed by atoms with van der Waals surface area (Å²) < 4.78 is 0. The van der Waals surface area contributed by atoms with Gasteiger partial charge in [0, 0.05) is 11.1 Å². The molecule has 0 fully saturated rings. The Labute approximate surface area is 188 Å². The van der Waals surface area contributed by atoms with E-state index in [1.54, 1.807) is 0 Å². The number of nitrogens with one attached hydrogen (secondary N) is 2. The molecule has 2 aromatic carbocycles. The number of carbonyl (C=O) groups is 2. The van der Waals surface area contributed by atoms with E-state index in [0.717, 1.165) is 46.5 Å². The van der Waals surface area contributed by atoms with E-state index in [1.165, 1.54) is 0 Å². The fourth-order valence-electron chi connectivity index (χ4n) is 4.50. The van der Waals surface area contributed by atoms with E-state index in [2.05, 4.69) is 23.8 Å². The lowest BCUT2D eigenvalue weighted by Gasteiger charge is -2.02. The minimum atomic E-state index is -0.0164. The third-order valence-electron chi connectivity index (χ3n) is 6.24. The normalized spacial score (nSPS) is 11.0. The van der Waals surface area contributed by atoms with Gasteiger partial charge in [-0.15, -0.1) is 0 Å². The number of aromatic nitrogens is 2. The average Bonchev–Trinajstić information content (AvgIpc) is 3.34. The van der Waals surface area contributed by atoms with Crippen molar-refractivity contribution < 1.29 is 9.59 Å². The number of ketones is 2. The predicted molar refractivity (Wildman–Crippen MR) is 129 cm³/mol. The van der Waals surface area contributed by atoms with Gasteiger partial charge in [-0.25, -0.2) is 0 Å². The summed E-state index contributed by atoms with van der Waals surface area (Å²) in [6.07, 6.45) is 1.48. The number of H-pyrrole nitrogens is 2. The van der Waals surface area contributed by atoms with Crippen LogP contribution in [0.3, 0.4) is 0 Å². The van der Waals surface area contributed by atoms with Crippen molar-refractivity contribution in [3.05, 3.63) is 105 Å². The summed E-state index contributed by atoms with van der Waals surface area (Å²) in [5.74, 6) is -0.0328. The largest absolute Gasteiger partial charge is 0.350 e. The van der Waals surface area contributed by atoms with Crippen LogP contribution >= 0.6 is 0 Å². The maximum Gasteiger partial charge on any atom is 0.209 e. The van der Waals surface area contributed by atoms with Crippen molar-refractivity contribution in [1.82, 2.24) is 9.97 Å². The lowest BCUT2D eigenvalue weighted by atomic mass is 9.99. The first kappa shape index (κ1) is 21.6. The van der Waals surface area contributed by atoms with Crippen molar-refractivity contribution in [3.63, 3.8) is 0 Å². The van der Waals surface area contributed by atoms with Gasteiger partial charge in [0.15, 0.2) is 0 Å². The highest BCUT2D eigenvalue weighted by Gasteiger charge is 2.25. The molecule has 0 aliphatic carbocycles. The van der Waals surface area contributed by atoms with Gasteiger partial charge in [-0.1, -0.05) is 74.5 Å². The van der Waals surface area contributed by atoms with Crippen LogP contribution in [0.5, 0.6) is 0 Å². The van der Waals surface area contributed by atoms with E-state index in [4.69, 9.17) is 0 Å². The highest BCUT2D eigenvalue weighted by Crippen LogP contribution is 2.34. The summed E-state index contributed by atoms with van der Waals surface area (Å²) in [7, 11) is 0. The molecule has 32 heavy (non-hydrogen) atoms. The lowest BCUT2D eigenvalue weighted by Crippen LogP contribution is -2.05. The first-order valence-electron chi connectivity index (χ1n) is 11.1. The highest BCUT2D eigenvalue weighted by molar-refractivity contribution is 6.10. The lowest BCUT2D eigenvalue weighted by molar-refractivity contribution is 0.102. The molecule has 0 amide bonds. The first-order valence-corrected chi connectivity index (χ1v) is 11.1. The van der Waals surface area contributed by atoms with Gasteiger partial charge in [-0.3, -0.25) is 9.59 Å². The molecule has 0 saturated heterocycles. The molecule has 4 nitrogen and oxygen atoms in total. The minimum absolute atomic E-state index is 0.0164. The Kier molecular flexibility index (Phi) is 5.95. The third kappa shape index (κ3) is 3.62. The zero-order valence-electron chi connectivity index (χ0n) is 19.0. The van der Waals surface area contributed by atoms with Crippen LogP contribution in [0, 0.1) is 13.8 Å². The van der Waals surface area contributed by atoms with Crippen LogP contribution in [0.4, 0.5) is 0 Å². The molecule has 2 aromatic heterocycles. The molecule has 0 radical (unpaired) electrons. The number of hydrogen-bond donors (Lipinski definition) is 2. The Morgan fingerprint density at radius 3 is 1.28 bits per heavy atom. The Bertz CT molecular complexity index is 1180. The van der Waals surface area contributed by atoms with Gasteiger partial charge in [0.25, 0.3) is 0 Å². The van der Waals surface area contributed by atoms with Gasteiger partial charge in [-0.05, 0) is 48.9 Å². The van der Waals surface area contributed by atoms with Crippen molar-refractivity contribution in [1.29, 1.82) is 0 Å². The molecule has 0 spiro atoms. The number of benzene rings is 2. The second-order valence-electron chi connectivity index (χ2n) is 8.05. The summed E-state index contributed by atoms with van der Waals surface area (Å²) in [4.78, 5) is 33.3. The molecule has 0 unspecified atom stereocenters.